The van der Waals surface area contributed by atoms with E-state index in [0.717, 1.165) is 36.9 Å². The van der Waals surface area contributed by atoms with Crippen LogP contribution in [0.4, 0.5) is 0 Å². The number of hydrogen-bond acceptors (Lipinski definition) is 5. The van der Waals surface area contributed by atoms with Gasteiger partial charge in [-0.15, -0.1) is 0 Å². The van der Waals surface area contributed by atoms with Gasteiger partial charge < -0.3 is 14.8 Å². The Morgan fingerprint density at radius 3 is 2.77 bits per heavy atom. The van der Waals surface area contributed by atoms with Gasteiger partial charge in [-0.3, -0.25) is 9.59 Å². The number of aromatic nitrogens is 2. The SMILES string of the molecule is COc1ccc(C(=O)NCCn2nc3c(cc2=O)CCCC3)c(OC)c1. The molecule has 1 aromatic heterocycles. The molecule has 3 rings (SSSR count). The summed E-state index contributed by atoms with van der Waals surface area (Å²) in [6, 6.07) is 6.68. The summed E-state index contributed by atoms with van der Waals surface area (Å²) < 4.78 is 11.8. The lowest BCUT2D eigenvalue weighted by molar-refractivity contribution is 0.0948. The molecule has 7 nitrogen and oxygen atoms in total. The molecule has 1 aliphatic carbocycles. The summed E-state index contributed by atoms with van der Waals surface area (Å²) in [4.78, 5) is 24.6. The van der Waals surface area contributed by atoms with Gasteiger partial charge in [0.05, 0.1) is 32.0 Å². The third kappa shape index (κ3) is 3.87. The first kappa shape index (κ1) is 18.0. The molecule has 1 heterocycles. The summed E-state index contributed by atoms with van der Waals surface area (Å²) in [6.45, 7) is 0.635. The third-order valence-corrected chi connectivity index (χ3v) is 4.54. The Bertz CT molecular complexity index is 860. The first-order chi connectivity index (χ1) is 12.6. The normalized spacial score (nSPS) is 13.0. The molecular formula is C19H23N3O4. The lowest BCUT2D eigenvalue weighted by atomic mass is 9.97. The average molecular weight is 357 g/mol. The number of ether oxygens (including phenoxy) is 2. The van der Waals surface area contributed by atoms with E-state index in [1.165, 1.54) is 11.8 Å². The largest absolute Gasteiger partial charge is 0.497 e. The molecule has 1 aliphatic rings. The van der Waals surface area contributed by atoms with Gasteiger partial charge in [0.2, 0.25) is 0 Å². The Balaban J connectivity index is 1.65. The molecule has 0 saturated heterocycles. The van der Waals surface area contributed by atoms with E-state index in [1.54, 1.807) is 31.4 Å². The van der Waals surface area contributed by atoms with Crippen LogP contribution in [0.2, 0.25) is 0 Å². The maximum absolute atomic E-state index is 12.4. The second-order valence-corrected chi connectivity index (χ2v) is 6.21. The topological polar surface area (TPSA) is 82.5 Å². The molecule has 0 saturated carbocycles. The van der Waals surface area contributed by atoms with Crippen LogP contribution in [0, 0.1) is 0 Å². The van der Waals surface area contributed by atoms with Crippen molar-refractivity contribution in [1.29, 1.82) is 0 Å². The highest BCUT2D eigenvalue weighted by atomic mass is 16.5. The van der Waals surface area contributed by atoms with Crippen molar-refractivity contribution in [3.05, 3.63) is 51.4 Å². The molecule has 0 fully saturated rings. The van der Waals surface area contributed by atoms with Gasteiger partial charge >= 0.3 is 0 Å². The van der Waals surface area contributed by atoms with Crippen molar-refractivity contribution >= 4 is 5.91 Å². The number of carbonyl (C=O) groups is 1. The van der Waals surface area contributed by atoms with E-state index in [9.17, 15) is 9.59 Å². The summed E-state index contributed by atoms with van der Waals surface area (Å²) in [5.74, 6) is 0.782. The number of amides is 1. The Morgan fingerprint density at radius 2 is 2.00 bits per heavy atom. The summed E-state index contributed by atoms with van der Waals surface area (Å²) >= 11 is 0. The highest BCUT2D eigenvalue weighted by Gasteiger charge is 2.15. The van der Waals surface area contributed by atoms with Crippen LogP contribution in [0.1, 0.15) is 34.5 Å². The van der Waals surface area contributed by atoms with Gasteiger partial charge in [-0.05, 0) is 43.4 Å². The third-order valence-electron chi connectivity index (χ3n) is 4.54. The molecule has 0 atom stereocenters. The quantitative estimate of drug-likeness (QED) is 0.849. The van der Waals surface area contributed by atoms with Crippen LogP contribution >= 0.6 is 0 Å². The molecular weight excluding hydrogens is 334 g/mol. The molecule has 1 aromatic carbocycles. The molecule has 0 unspecified atom stereocenters. The Morgan fingerprint density at radius 1 is 1.19 bits per heavy atom. The van der Waals surface area contributed by atoms with Crippen LogP contribution in [-0.4, -0.2) is 36.5 Å². The van der Waals surface area contributed by atoms with Gasteiger partial charge in [0.1, 0.15) is 11.5 Å². The Hall–Kier alpha value is -2.83. The molecule has 0 aliphatic heterocycles. The van der Waals surface area contributed by atoms with E-state index in [-0.39, 0.29) is 11.5 Å². The fraction of sp³-hybridized carbons (Fsp3) is 0.421. The summed E-state index contributed by atoms with van der Waals surface area (Å²) in [5.41, 5.74) is 2.35. The number of rotatable bonds is 6. The molecule has 7 heteroatoms. The molecule has 26 heavy (non-hydrogen) atoms. The number of hydrogen-bond donors (Lipinski definition) is 1. The predicted octanol–water partition coefficient (Wildman–Crippen LogP) is 1.57. The average Bonchev–Trinajstić information content (AvgIpc) is 2.67. The lowest BCUT2D eigenvalue weighted by Crippen LogP contribution is -2.33. The second kappa shape index (κ2) is 8.03. The van der Waals surface area contributed by atoms with Gasteiger partial charge in [-0.25, -0.2) is 4.68 Å². The Kier molecular flexibility index (Phi) is 5.55. The zero-order chi connectivity index (χ0) is 18.5. The fourth-order valence-corrected chi connectivity index (χ4v) is 3.12. The minimum absolute atomic E-state index is 0.123. The van der Waals surface area contributed by atoms with Gasteiger partial charge in [-0.1, -0.05) is 0 Å². The highest BCUT2D eigenvalue weighted by molar-refractivity contribution is 5.97. The van der Waals surface area contributed by atoms with Crippen LogP contribution in [0.5, 0.6) is 11.5 Å². The van der Waals surface area contributed by atoms with Crippen molar-refractivity contribution in [2.24, 2.45) is 0 Å². The van der Waals surface area contributed by atoms with E-state index in [0.29, 0.717) is 30.2 Å². The van der Waals surface area contributed by atoms with Gasteiger partial charge in [-0.2, -0.15) is 5.10 Å². The number of carbonyl (C=O) groups excluding carboxylic acids is 1. The molecule has 2 aromatic rings. The number of nitrogens with one attached hydrogen (secondary N) is 1. The molecule has 138 valence electrons. The van der Waals surface area contributed by atoms with E-state index >= 15 is 0 Å². The Labute approximate surface area is 151 Å². The number of methoxy groups -OCH3 is 2. The maximum Gasteiger partial charge on any atom is 0.267 e. The zero-order valence-electron chi connectivity index (χ0n) is 15.1. The minimum atomic E-state index is -0.268. The maximum atomic E-state index is 12.4. The van der Waals surface area contributed by atoms with Crippen LogP contribution in [0.15, 0.2) is 29.1 Å². The number of nitrogens with zero attached hydrogens (tertiary/aromatic N) is 2. The smallest absolute Gasteiger partial charge is 0.267 e. The van der Waals surface area contributed by atoms with Crippen molar-refractivity contribution in [2.45, 2.75) is 32.2 Å². The van der Waals surface area contributed by atoms with Crippen molar-refractivity contribution in [3.63, 3.8) is 0 Å². The van der Waals surface area contributed by atoms with Gasteiger partial charge in [0.15, 0.2) is 0 Å². The predicted molar refractivity (Wildman–Crippen MR) is 97.0 cm³/mol. The van der Waals surface area contributed by atoms with Crippen LogP contribution in [-0.2, 0) is 19.4 Å². The lowest BCUT2D eigenvalue weighted by Gasteiger charge is -2.16. The fourth-order valence-electron chi connectivity index (χ4n) is 3.12. The van der Waals surface area contributed by atoms with Crippen molar-refractivity contribution in [1.82, 2.24) is 15.1 Å². The molecule has 1 N–H and O–H groups in total. The molecule has 0 radical (unpaired) electrons. The molecule has 0 spiro atoms. The van der Waals surface area contributed by atoms with Crippen LogP contribution in [0.3, 0.4) is 0 Å². The summed E-state index contributed by atoms with van der Waals surface area (Å²) in [7, 11) is 3.06. The molecule has 1 amide bonds. The first-order valence-electron chi connectivity index (χ1n) is 8.72. The van der Waals surface area contributed by atoms with Crippen molar-refractivity contribution < 1.29 is 14.3 Å². The monoisotopic (exact) mass is 357 g/mol. The van der Waals surface area contributed by atoms with Gasteiger partial charge in [0, 0.05) is 18.7 Å². The van der Waals surface area contributed by atoms with Crippen molar-refractivity contribution in [3.8, 4) is 11.5 Å². The van der Waals surface area contributed by atoms with Crippen molar-refractivity contribution in [2.75, 3.05) is 20.8 Å². The van der Waals surface area contributed by atoms with Gasteiger partial charge in [0.25, 0.3) is 11.5 Å². The number of aryl methyl sites for hydroxylation is 2. The first-order valence-corrected chi connectivity index (χ1v) is 8.72. The summed E-state index contributed by atoms with van der Waals surface area (Å²) in [5, 5.41) is 7.26. The molecule has 0 bridgehead atoms. The highest BCUT2D eigenvalue weighted by Crippen LogP contribution is 2.24. The minimum Gasteiger partial charge on any atom is -0.497 e. The second-order valence-electron chi connectivity index (χ2n) is 6.21. The van der Waals surface area contributed by atoms with E-state index in [1.807, 2.05) is 0 Å². The van der Waals surface area contributed by atoms with Crippen LogP contribution in [0.25, 0.3) is 0 Å². The standard InChI is InChI=1S/C19H23N3O4/c1-25-14-7-8-15(17(12-14)26-2)19(24)20-9-10-22-18(23)11-13-5-3-4-6-16(13)21-22/h7-8,11-12H,3-6,9-10H2,1-2H3,(H,20,24). The van der Waals surface area contributed by atoms with E-state index < -0.39 is 0 Å². The number of benzene rings is 1. The zero-order valence-corrected chi connectivity index (χ0v) is 15.1. The number of fused-ring (bicyclic) bond motifs is 1. The van der Waals surface area contributed by atoms with E-state index in [2.05, 4.69) is 10.4 Å². The summed E-state index contributed by atoms with van der Waals surface area (Å²) in [6.07, 6.45) is 4.04. The van der Waals surface area contributed by atoms with E-state index in [4.69, 9.17) is 9.47 Å². The van der Waals surface area contributed by atoms with Crippen LogP contribution < -0.4 is 20.3 Å².